The minimum Gasteiger partial charge on any atom is -0.369 e. The first-order chi connectivity index (χ1) is 22.9. The van der Waals surface area contributed by atoms with Crippen molar-refractivity contribution < 1.29 is 42.1 Å². The maximum absolute atomic E-state index is 14.0. The number of hydrogen-bond acceptors (Lipinski definition) is 9. The third kappa shape index (κ3) is 11.8. The highest BCUT2D eigenvalue weighted by molar-refractivity contribution is 7.54. The molecular formula is C37H41O9P. The Balaban J connectivity index is 1.69. The first-order valence-electron chi connectivity index (χ1n) is 15.2. The third-order valence-corrected chi connectivity index (χ3v) is 9.13. The highest BCUT2D eigenvalue weighted by Crippen LogP contribution is 2.46. The van der Waals surface area contributed by atoms with Crippen molar-refractivity contribution in [2.45, 2.75) is 44.7 Å². The zero-order valence-electron chi connectivity index (χ0n) is 26.6. The van der Waals surface area contributed by atoms with Gasteiger partial charge in [0.2, 0.25) is 0 Å². The van der Waals surface area contributed by atoms with Gasteiger partial charge in [0.1, 0.15) is 31.1 Å². The first kappa shape index (κ1) is 36.1. The lowest BCUT2D eigenvalue weighted by Crippen LogP contribution is -2.51. The van der Waals surface area contributed by atoms with Crippen molar-refractivity contribution in [3.05, 3.63) is 144 Å². The summed E-state index contributed by atoms with van der Waals surface area (Å²) < 4.78 is 48.1. The molecular weight excluding hydrogens is 619 g/mol. The number of hydrogen-bond donors (Lipinski definition) is 0. The summed E-state index contributed by atoms with van der Waals surface area (Å²) >= 11 is 0. The van der Waals surface area contributed by atoms with E-state index in [2.05, 4.69) is 0 Å². The zero-order chi connectivity index (χ0) is 33.3. The van der Waals surface area contributed by atoms with E-state index in [9.17, 15) is 14.2 Å². The Kier molecular flexibility index (Phi) is 14.7. The number of ketones is 2. The number of rotatable bonds is 21. The van der Waals surface area contributed by atoms with E-state index < -0.39 is 43.6 Å². The number of carbonyl (C=O) groups is 2. The van der Waals surface area contributed by atoms with Crippen LogP contribution in [0.2, 0.25) is 0 Å². The summed E-state index contributed by atoms with van der Waals surface area (Å²) in [5.74, 6) is -1.07. The van der Waals surface area contributed by atoms with Gasteiger partial charge in [-0.3, -0.25) is 14.2 Å². The second-order valence-electron chi connectivity index (χ2n) is 10.7. The molecule has 0 aliphatic carbocycles. The van der Waals surface area contributed by atoms with E-state index in [1.165, 1.54) is 14.2 Å². The van der Waals surface area contributed by atoms with E-state index in [0.29, 0.717) is 0 Å². The van der Waals surface area contributed by atoms with E-state index >= 15 is 0 Å². The van der Waals surface area contributed by atoms with Gasteiger partial charge in [0.25, 0.3) is 0 Å². The molecule has 0 bridgehead atoms. The Morgan fingerprint density at radius 2 is 0.894 bits per heavy atom. The molecule has 0 aliphatic heterocycles. The molecule has 0 saturated carbocycles. The Bertz CT molecular complexity index is 1530. The van der Waals surface area contributed by atoms with Gasteiger partial charge in [0.15, 0.2) is 11.6 Å². The van der Waals surface area contributed by atoms with Crippen LogP contribution in [0.5, 0.6) is 0 Å². The Morgan fingerprint density at radius 3 is 1.30 bits per heavy atom. The Hall–Kier alpha value is -3.79. The van der Waals surface area contributed by atoms with Gasteiger partial charge >= 0.3 is 7.60 Å². The van der Waals surface area contributed by atoms with Crippen LogP contribution in [0.3, 0.4) is 0 Å². The highest BCUT2D eigenvalue weighted by atomic mass is 31.2. The summed E-state index contributed by atoms with van der Waals surface area (Å²) in [6.45, 7) is -0.00918. The summed E-state index contributed by atoms with van der Waals surface area (Å²) in [5, 5.41) is 0. The van der Waals surface area contributed by atoms with Crippen molar-refractivity contribution in [2.75, 3.05) is 27.0 Å². The lowest BCUT2D eigenvalue weighted by Gasteiger charge is -2.32. The summed E-state index contributed by atoms with van der Waals surface area (Å²) in [6.07, 6.45) is -4.56. The van der Waals surface area contributed by atoms with Gasteiger partial charge in [-0.2, -0.15) is 0 Å². The average molecular weight is 661 g/mol. The van der Waals surface area contributed by atoms with Gasteiger partial charge < -0.3 is 28.0 Å². The minimum atomic E-state index is -3.81. The number of benzene rings is 4. The van der Waals surface area contributed by atoms with E-state index in [0.717, 1.165) is 22.3 Å². The molecule has 10 heteroatoms. The predicted octanol–water partition coefficient (Wildman–Crippen LogP) is 6.58. The van der Waals surface area contributed by atoms with Gasteiger partial charge in [-0.15, -0.1) is 0 Å². The second kappa shape index (κ2) is 19.1. The molecule has 4 rings (SSSR count). The fourth-order valence-electron chi connectivity index (χ4n) is 4.77. The third-order valence-electron chi connectivity index (χ3n) is 7.32. The van der Waals surface area contributed by atoms with Crippen LogP contribution in [0, 0.1) is 0 Å². The van der Waals surface area contributed by atoms with E-state index in [1.807, 2.05) is 121 Å². The smallest absolute Gasteiger partial charge is 0.337 e. The maximum Gasteiger partial charge on any atom is 0.337 e. The van der Waals surface area contributed by atoms with Crippen molar-refractivity contribution in [1.82, 2.24) is 0 Å². The summed E-state index contributed by atoms with van der Waals surface area (Å²) in [7, 11) is -1.39. The van der Waals surface area contributed by atoms with Crippen LogP contribution in [0.1, 0.15) is 22.3 Å². The predicted molar refractivity (Wildman–Crippen MR) is 178 cm³/mol. The van der Waals surface area contributed by atoms with Gasteiger partial charge in [0.05, 0.1) is 26.4 Å². The molecule has 0 aliphatic rings. The quantitative estimate of drug-likeness (QED) is 0.0916. The number of Topliss-reactive ketones (excluding diaryl/α,β-unsaturated/α-hetero) is 2. The summed E-state index contributed by atoms with van der Waals surface area (Å²) in [4.78, 5) is 28.0. The summed E-state index contributed by atoms with van der Waals surface area (Å²) in [5.41, 5.74) is 3.30. The molecule has 0 spiro atoms. The van der Waals surface area contributed by atoms with Crippen molar-refractivity contribution in [3.63, 3.8) is 0 Å². The van der Waals surface area contributed by atoms with Crippen LogP contribution in [0.25, 0.3) is 0 Å². The number of carbonyl (C=O) groups excluding carboxylic acids is 2. The van der Waals surface area contributed by atoms with Crippen LogP contribution >= 0.6 is 7.60 Å². The molecule has 3 atom stereocenters. The Labute approximate surface area is 276 Å². The van der Waals surface area contributed by atoms with E-state index in [-0.39, 0.29) is 33.0 Å². The van der Waals surface area contributed by atoms with Crippen LogP contribution < -0.4 is 0 Å². The molecule has 4 aromatic rings. The molecule has 0 heterocycles. The fraction of sp³-hybridized carbons (Fsp3) is 0.297. The average Bonchev–Trinajstić information content (AvgIpc) is 3.12. The normalized spacial score (nSPS) is 13.5. The van der Waals surface area contributed by atoms with Gasteiger partial charge in [-0.1, -0.05) is 121 Å². The molecule has 0 amide bonds. The molecule has 248 valence electrons. The van der Waals surface area contributed by atoms with Crippen molar-refractivity contribution in [2.24, 2.45) is 0 Å². The lowest BCUT2D eigenvalue weighted by atomic mass is 10.0. The van der Waals surface area contributed by atoms with Crippen LogP contribution in [0.15, 0.2) is 121 Å². The van der Waals surface area contributed by atoms with Crippen molar-refractivity contribution in [3.8, 4) is 0 Å². The van der Waals surface area contributed by atoms with Crippen LogP contribution in [-0.2, 0) is 68.6 Å². The maximum atomic E-state index is 14.0. The van der Waals surface area contributed by atoms with Crippen LogP contribution in [0.4, 0.5) is 0 Å². The fourth-order valence-corrected chi connectivity index (χ4v) is 5.74. The molecule has 0 aromatic heterocycles. The monoisotopic (exact) mass is 660 g/mol. The second-order valence-corrected chi connectivity index (χ2v) is 13.0. The minimum absolute atomic E-state index is 0.0107. The molecule has 9 nitrogen and oxygen atoms in total. The zero-order valence-corrected chi connectivity index (χ0v) is 27.5. The molecule has 4 aromatic carbocycles. The van der Waals surface area contributed by atoms with E-state index in [1.54, 1.807) is 0 Å². The van der Waals surface area contributed by atoms with Crippen molar-refractivity contribution >= 4 is 19.2 Å². The van der Waals surface area contributed by atoms with Gasteiger partial charge in [-0.05, 0) is 22.3 Å². The molecule has 0 saturated heterocycles. The molecule has 0 N–H and O–H groups in total. The first-order valence-corrected chi connectivity index (χ1v) is 17.0. The van der Waals surface area contributed by atoms with Crippen LogP contribution in [-0.4, -0.2) is 56.9 Å². The van der Waals surface area contributed by atoms with Gasteiger partial charge in [-0.25, -0.2) is 0 Å². The van der Waals surface area contributed by atoms with E-state index in [4.69, 9.17) is 28.0 Å². The topological polar surface area (TPSA) is 107 Å². The standard InChI is InChI=1S/C37H41O9P/c1-41-47(40,42-2)28-34(39)36(45-25-31-19-11-5-12-20-31)37(46-26-32-21-13-6-14-22-32)35(44-24-30-17-9-4-10-18-30)33(38)27-43-23-29-15-7-3-8-16-29/h3-22,35-37H,23-28H2,1-2H3/t35-,36+,37+/m1/s1. The molecule has 0 radical (unpaired) electrons. The number of ether oxygens (including phenoxy) is 4. The molecule has 0 fully saturated rings. The molecule has 47 heavy (non-hydrogen) atoms. The van der Waals surface area contributed by atoms with Gasteiger partial charge in [0, 0.05) is 14.2 Å². The highest BCUT2D eigenvalue weighted by Gasteiger charge is 2.43. The lowest BCUT2D eigenvalue weighted by molar-refractivity contribution is -0.174. The Morgan fingerprint density at radius 1 is 0.532 bits per heavy atom. The molecule has 0 unspecified atom stereocenters. The largest absolute Gasteiger partial charge is 0.369 e. The van der Waals surface area contributed by atoms with Crippen molar-refractivity contribution in [1.29, 1.82) is 0 Å². The SMILES string of the molecule is COP(=O)(CC(=O)[C@H](OCc1ccccc1)[C@@H](OCc1ccccc1)[C@H](OCc1ccccc1)C(=O)COCc1ccccc1)OC. The summed E-state index contributed by atoms with van der Waals surface area (Å²) in [6, 6.07) is 37.4.